The van der Waals surface area contributed by atoms with Crippen molar-refractivity contribution >= 4 is 73.6 Å². The summed E-state index contributed by atoms with van der Waals surface area (Å²) >= 11 is 6.09. The minimum atomic E-state index is -1.42. The molecule has 12 heteroatoms. The fourth-order valence-electron chi connectivity index (χ4n) is 4.16. The molecule has 0 radical (unpaired) electrons. The van der Waals surface area contributed by atoms with Gasteiger partial charge < -0.3 is 20.8 Å². The number of aromatic nitrogens is 1. The average Bonchev–Trinajstić information content (AvgIpc) is 3.49. The largest absolute Gasteiger partial charge is 0.478 e. The van der Waals surface area contributed by atoms with E-state index in [1.165, 1.54) is 35.2 Å². The van der Waals surface area contributed by atoms with Gasteiger partial charge in [0, 0.05) is 26.0 Å². The topological polar surface area (TPSA) is 146 Å². The summed E-state index contributed by atoms with van der Waals surface area (Å²) in [6.07, 6.45) is 0. The predicted octanol–water partition coefficient (Wildman–Crippen LogP) is 7.69. The minimum Gasteiger partial charge on any atom is -0.478 e. The number of carbonyl (C=O) groups is 4. The number of aromatic carboxylic acids is 2. The van der Waals surface area contributed by atoms with E-state index in [0.717, 1.165) is 32.3 Å². The summed E-state index contributed by atoms with van der Waals surface area (Å²) in [5, 5.41) is 26.0. The normalized spacial score (nSPS) is 11.4. The summed E-state index contributed by atoms with van der Waals surface area (Å²) in [4.78, 5) is 54.6. The van der Waals surface area contributed by atoms with E-state index in [9.17, 15) is 24.3 Å². The van der Waals surface area contributed by atoms with Crippen LogP contribution in [0.25, 0.3) is 11.3 Å². The number of amides is 2. The molecule has 0 saturated heterocycles. The molecule has 9 nitrogen and oxygen atoms in total. The molecule has 0 aliphatic rings. The lowest BCUT2D eigenvalue weighted by Crippen LogP contribution is -2.19. The van der Waals surface area contributed by atoms with Gasteiger partial charge in [-0.15, -0.1) is 23.1 Å². The summed E-state index contributed by atoms with van der Waals surface area (Å²) in [6.45, 7) is 0. The second-order valence-electron chi connectivity index (χ2n) is 9.29. The van der Waals surface area contributed by atoms with Crippen LogP contribution in [0.15, 0.2) is 112 Å². The average molecular weight is 689 g/mol. The molecule has 44 heavy (non-hydrogen) atoms. The van der Waals surface area contributed by atoms with Crippen LogP contribution in [0.4, 0.5) is 10.8 Å². The number of thioether (sulfide) groups is 1. The number of carboxylic acid groups (broad SMARTS) is 2. The number of thiazole rings is 1. The van der Waals surface area contributed by atoms with Crippen LogP contribution in [0.3, 0.4) is 0 Å². The molecule has 0 fully saturated rings. The zero-order valence-electron chi connectivity index (χ0n) is 22.6. The van der Waals surface area contributed by atoms with Crippen molar-refractivity contribution in [2.75, 3.05) is 10.6 Å². The van der Waals surface area contributed by atoms with Crippen molar-refractivity contribution in [3.05, 3.63) is 129 Å². The number of hydrogen-bond donors (Lipinski definition) is 4. The third kappa shape index (κ3) is 7.40. The lowest BCUT2D eigenvalue weighted by molar-refractivity contribution is -0.115. The Morgan fingerprint density at radius 3 is 2.16 bits per heavy atom. The summed E-state index contributed by atoms with van der Waals surface area (Å²) < 4.78 is 0.961. The van der Waals surface area contributed by atoms with Crippen LogP contribution in [0.5, 0.6) is 0 Å². The molecular weight excluding hydrogens is 666 g/mol. The minimum absolute atomic E-state index is 0.174. The number of carboxylic acids is 2. The Labute approximate surface area is 268 Å². The zero-order chi connectivity index (χ0) is 31.2. The number of anilines is 2. The number of carbonyl (C=O) groups excluding carboxylic acids is 2. The fraction of sp³-hybridized carbons (Fsp3) is 0.0312. The van der Waals surface area contributed by atoms with Crippen molar-refractivity contribution < 1.29 is 29.4 Å². The molecule has 5 aromatic rings. The standard InChI is InChI=1S/C32H22BrN3O6S2/c33-21-9-6-18(7-10-21)26-17-43-32(35-26)36-29(38)27(19-4-2-1-3-5-19)44-23-13-11-22(12-14-23)34-28(37)24-15-8-20(30(39)40)16-25(24)31(41)42/h1-17,27H,(H,34,37)(H,39,40)(H,41,42)(H,35,36,38). The lowest BCUT2D eigenvalue weighted by atomic mass is 10.0. The summed E-state index contributed by atoms with van der Waals surface area (Å²) in [5.74, 6) is -3.67. The van der Waals surface area contributed by atoms with Gasteiger partial charge in [0.1, 0.15) is 5.25 Å². The Kier molecular flexibility index (Phi) is 9.53. The first-order valence-corrected chi connectivity index (χ1v) is 15.5. The molecular formula is C32H22BrN3O6S2. The monoisotopic (exact) mass is 687 g/mol. The van der Waals surface area contributed by atoms with Crippen LogP contribution in [0.2, 0.25) is 0 Å². The Balaban J connectivity index is 1.30. The molecule has 1 atom stereocenters. The lowest BCUT2D eigenvalue weighted by Gasteiger charge is -2.16. The van der Waals surface area contributed by atoms with Crippen LogP contribution in [-0.4, -0.2) is 39.0 Å². The van der Waals surface area contributed by atoms with Gasteiger partial charge in [-0.3, -0.25) is 9.59 Å². The number of nitrogens with one attached hydrogen (secondary N) is 2. The maximum absolute atomic E-state index is 13.5. The highest BCUT2D eigenvalue weighted by Crippen LogP contribution is 2.37. The first-order valence-electron chi connectivity index (χ1n) is 12.9. The molecule has 4 aromatic carbocycles. The van der Waals surface area contributed by atoms with Gasteiger partial charge >= 0.3 is 11.9 Å². The highest BCUT2D eigenvalue weighted by Gasteiger charge is 2.24. The van der Waals surface area contributed by atoms with Crippen molar-refractivity contribution in [2.24, 2.45) is 0 Å². The van der Waals surface area contributed by atoms with Gasteiger partial charge in [-0.25, -0.2) is 14.6 Å². The van der Waals surface area contributed by atoms with Crippen molar-refractivity contribution in [3.8, 4) is 11.3 Å². The van der Waals surface area contributed by atoms with Crippen molar-refractivity contribution in [1.29, 1.82) is 0 Å². The number of rotatable bonds is 10. The fourth-order valence-corrected chi connectivity index (χ4v) is 6.17. The summed E-state index contributed by atoms with van der Waals surface area (Å²) in [7, 11) is 0. The molecule has 0 aliphatic heterocycles. The van der Waals surface area contributed by atoms with E-state index in [4.69, 9.17) is 5.11 Å². The van der Waals surface area contributed by atoms with Crippen LogP contribution in [0.1, 0.15) is 41.9 Å². The van der Waals surface area contributed by atoms with E-state index in [0.29, 0.717) is 10.8 Å². The number of nitrogens with zero attached hydrogens (tertiary/aromatic N) is 1. The molecule has 0 bridgehead atoms. The summed E-state index contributed by atoms with van der Waals surface area (Å²) in [6, 6.07) is 27.1. The third-order valence-corrected chi connectivity index (χ3v) is 8.88. The molecule has 0 saturated carbocycles. The second kappa shape index (κ2) is 13.7. The van der Waals surface area contributed by atoms with Crippen LogP contribution < -0.4 is 10.6 Å². The Morgan fingerprint density at radius 2 is 1.50 bits per heavy atom. The van der Waals surface area contributed by atoms with Crippen molar-refractivity contribution in [3.63, 3.8) is 0 Å². The highest BCUT2D eigenvalue weighted by atomic mass is 79.9. The number of halogens is 1. The molecule has 1 unspecified atom stereocenters. The van der Waals surface area contributed by atoms with E-state index in [-0.39, 0.29) is 17.0 Å². The van der Waals surface area contributed by atoms with Crippen molar-refractivity contribution in [1.82, 2.24) is 4.98 Å². The quantitative estimate of drug-likeness (QED) is 0.109. The van der Waals surface area contributed by atoms with Gasteiger partial charge in [0.2, 0.25) is 5.91 Å². The Hall–Kier alpha value is -4.78. The molecule has 0 aliphatic carbocycles. The van der Waals surface area contributed by atoms with Crippen LogP contribution in [0, 0.1) is 0 Å². The molecule has 2 amide bonds. The Bertz CT molecular complexity index is 1840. The van der Waals surface area contributed by atoms with E-state index >= 15 is 0 Å². The van der Waals surface area contributed by atoms with Gasteiger partial charge in [0.15, 0.2) is 5.13 Å². The molecule has 220 valence electrons. The van der Waals surface area contributed by atoms with E-state index < -0.39 is 28.7 Å². The van der Waals surface area contributed by atoms with Gasteiger partial charge in [-0.2, -0.15) is 0 Å². The van der Waals surface area contributed by atoms with Gasteiger partial charge in [0.05, 0.1) is 22.4 Å². The zero-order valence-corrected chi connectivity index (χ0v) is 25.8. The molecule has 0 spiro atoms. The van der Waals surface area contributed by atoms with Crippen molar-refractivity contribution in [2.45, 2.75) is 10.1 Å². The van der Waals surface area contributed by atoms with Gasteiger partial charge in [-0.05, 0) is 60.2 Å². The maximum Gasteiger partial charge on any atom is 0.336 e. The first kappa shape index (κ1) is 30.7. The van der Waals surface area contributed by atoms with Gasteiger partial charge in [-0.1, -0.05) is 58.4 Å². The smallest absolute Gasteiger partial charge is 0.336 e. The SMILES string of the molecule is O=C(O)c1ccc(C(=O)Nc2ccc(SC(C(=O)Nc3nc(-c4ccc(Br)cc4)cs3)c3ccccc3)cc2)c(C(=O)O)c1. The predicted molar refractivity (Wildman–Crippen MR) is 174 cm³/mol. The molecule has 4 N–H and O–H groups in total. The maximum atomic E-state index is 13.5. The van der Waals surface area contributed by atoms with E-state index in [1.54, 1.807) is 24.3 Å². The second-order valence-corrected chi connectivity index (χ2v) is 12.2. The van der Waals surface area contributed by atoms with Crippen LogP contribution >= 0.6 is 39.0 Å². The van der Waals surface area contributed by atoms with E-state index in [2.05, 4.69) is 31.5 Å². The van der Waals surface area contributed by atoms with Crippen LogP contribution in [-0.2, 0) is 4.79 Å². The first-order chi connectivity index (χ1) is 21.2. The summed E-state index contributed by atoms with van der Waals surface area (Å²) in [5.41, 5.74) is 2.04. The molecule has 1 heterocycles. The third-order valence-electron chi connectivity index (χ3n) is 6.32. The number of hydrogen-bond acceptors (Lipinski definition) is 7. The highest BCUT2D eigenvalue weighted by molar-refractivity contribution is 9.10. The van der Waals surface area contributed by atoms with E-state index in [1.807, 2.05) is 60.0 Å². The molecule has 1 aromatic heterocycles. The number of benzene rings is 4. The molecule has 5 rings (SSSR count). The Morgan fingerprint density at radius 1 is 0.795 bits per heavy atom. The van der Waals surface area contributed by atoms with Gasteiger partial charge in [0.25, 0.3) is 5.91 Å².